The van der Waals surface area contributed by atoms with Crippen molar-refractivity contribution in [1.82, 2.24) is 29.4 Å². The third-order valence-electron chi connectivity index (χ3n) is 10.2. The normalized spacial score (nSPS) is 33.4. The molecule has 8 rings (SSSR count). The summed E-state index contributed by atoms with van der Waals surface area (Å²) >= 11 is 0. The van der Waals surface area contributed by atoms with Crippen LogP contribution >= 0.6 is 0 Å². The van der Waals surface area contributed by atoms with Crippen LogP contribution in [0.4, 0.5) is 0 Å². The van der Waals surface area contributed by atoms with E-state index in [1.807, 2.05) is 0 Å². The second-order valence-corrected chi connectivity index (χ2v) is 11.5. The van der Waals surface area contributed by atoms with Crippen LogP contribution in [0.2, 0.25) is 0 Å². The summed E-state index contributed by atoms with van der Waals surface area (Å²) in [6.07, 6.45) is 9.10. The van der Waals surface area contributed by atoms with Gasteiger partial charge in [-0.3, -0.25) is 0 Å². The first kappa shape index (κ1) is 20.0. The SMILES string of the molecule is CCN1CCC2C3=C1N(CC)C1=C4C(CCN1CC)N1CCCC5=C1N(C1=C(CCCN12)C5)C34. The average molecular weight is 461 g/mol. The molecule has 0 aromatic carbocycles. The molecular weight excluding hydrogens is 420 g/mol. The van der Waals surface area contributed by atoms with Crippen molar-refractivity contribution in [3.63, 3.8) is 0 Å². The second-order valence-electron chi connectivity index (χ2n) is 11.5. The van der Waals surface area contributed by atoms with Crippen LogP contribution in [0, 0.1) is 0 Å². The zero-order chi connectivity index (χ0) is 22.7. The van der Waals surface area contributed by atoms with Gasteiger partial charge in [0.15, 0.2) is 0 Å². The van der Waals surface area contributed by atoms with E-state index in [0.717, 1.165) is 19.6 Å². The van der Waals surface area contributed by atoms with Crippen LogP contribution in [0.3, 0.4) is 0 Å². The smallest absolute Gasteiger partial charge is 0.113 e. The largest absolute Gasteiger partial charge is 0.358 e. The molecule has 8 aliphatic heterocycles. The van der Waals surface area contributed by atoms with Gasteiger partial charge in [0.25, 0.3) is 0 Å². The van der Waals surface area contributed by atoms with Crippen molar-refractivity contribution in [2.75, 3.05) is 45.8 Å². The van der Waals surface area contributed by atoms with Gasteiger partial charge in [-0.1, -0.05) is 0 Å². The van der Waals surface area contributed by atoms with Crippen LogP contribution in [-0.4, -0.2) is 93.3 Å². The van der Waals surface area contributed by atoms with E-state index in [4.69, 9.17) is 0 Å². The number of rotatable bonds is 3. The number of fused-ring (bicyclic) bond motifs is 2. The Hall–Kier alpha value is -2.24. The number of nitrogens with zero attached hydrogens (tertiary/aromatic N) is 6. The Morgan fingerprint density at radius 2 is 1.18 bits per heavy atom. The quantitative estimate of drug-likeness (QED) is 0.636. The van der Waals surface area contributed by atoms with Crippen molar-refractivity contribution < 1.29 is 0 Å². The lowest BCUT2D eigenvalue weighted by Gasteiger charge is -2.67. The third-order valence-corrected chi connectivity index (χ3v) is 10.2. The Morgan fingerprint density at radius 3 is 1.65 bits per heavy atom. The zero-order valence-corrected chi connectivity index (χ0v) is 21.3. The fourth-order valence-corrected chi connectivity index (χ4v) is 9.04. The first-order valence-corrected chi connectivity index (χ1v) is 14.3. The van der Waals surface area contributed by atoms with Crippen LogP contribution in [0.5, 0.6) is 0 Å². The van der Waals surface area contributed by atoms with E-state index in [1.165, 1.54) is 71.1 Å². The molecule has 8 heterocycles. The summed E-state index contributed by atoms with van der Waals surface area (Å²) in [4.78, 5) is 16.9. The van der Waals surface area contributed by atoms with Crippen molar-refractivity contribution in [2.45, 2.75) is 83.8 Å². The average Bonchev–Trinajstić information content (AvgIpc) is 2.89. The maximum atomic E-state index is 2.91. The first-order valence-electron chi connectivity index (χ1n) is 14.3. The van der Waals surface area contributed by atoms with Gasteiger partial charge in [-0.15, -0.1) is 0 Å². The van der Waals surface area contributed by atoms with Gasteiger partial charge in [0.05, 0.1) is 18.1 Å². The predicted molar refractivity (Wildman–Crippen MR) is 134 cm³/mol. The van der Waals surface area contributed by atoms with Gasteiger partial charge in [-0.2, -0.15) is 0 Å². The Labute approximate surface area is 204 Å². The Kier molecular flexibility index (Phi) is 4.07. The highest BCUT2D eigenvalue weighted by molar-refractivity contribution is 5.55. The zero-order valence-electron chi connectivity index (χ0n) is 21.3. The number of hydrogen-bond donors (Lipinski definition) is 0. The summed E-state index contributed by atoms with van der Waals surface area (Å²) in [6.45, 7) is 15.3. The van der Waals surface area contributed by atoms with Crippen LogP contribution in [0.15, 0.2) is 45.6 Å². The monoisotopic (exact) mass is 460 g/mol. The lowest BCUT2D eigenvalue weighted by atomic mass is 9.72. The van der Waals surface area contributed by atoms with Gasteiger partial charge in [-0.05, 0) is 76.9 Å². The summed E-state index contributed by atoms with van der Waals surface area (Å²) < 4.78 is 0. The molecule has 0 spiro atoms. The molecule has 6 heteroatoms. The van der Waals surface area contributed by atoms with Crippen molar-refractivity contribution in [1.29, 1.82) is 0 Å². The molecule has 0 N–H and O–H groups in total. The minimum Gasteiger partial charge on any atom is -0.358 e. The highest BCUT2D eigenvalue weighted by Gasteiger charge is 2.60. The molecule has 0 aromatic rings. The highest BCUT2D eigenvalue weighted by Crippen LogP contribution is 2.58. The molecule has 2 atom stereocenters. The van der Waals surface area contributed by atoms with E-state index in [2.05, 4.69) is 50.2 Å². The molecular formula is C28H40N6. The van der Waals surface area contributed by atoms with Gasteiger partial charge in [0.1, 0.15) is 23.3 Å². The maximum Gasteiger partial charge on any atom is 0.113 e. The summed E-state index contributed by atoms with van der Waals surface area (Å²) in [5, 5.41) is 0. The van der Waals surface area contributed by atoms with E-state index >= 15 is 0 Å². The molecule has 0 aliphatic carbocycles. The molecule has 0 saturated carbocycles. The van der Waals surface area contributed by atoms with Crippen molar-refractivity contribution in [2.24, 2.45) is 0 Å². The van der Waals surface area contributed by atoms with Gasteiger partial charge in [0, 0.05) is 57.0 Å². The third kappa shape index (κ3) is 2.20. The fraction of sp³-hybridized carbons (Fsp3) is 0.714. The van der Waals surface area contributed by atoms with E-state index in [0.29, 0.717) is 18.1 Å². The summed E-state index contributed by atoms with van der Waals surface area (Å²) in [6, 6.07) is 1.62. The van der Waals surface area contributed by atoms with Crippen LogP contribution < -0.4 is 0 Å². The molecule has 2 fully saturated rings. The minimum atomic E-state index is 0.450. The van der Waals surface area contributed by atoms with Gasteiger partial charge in [0.2, 0.25) is 0 Å². The topological polar surface area (TPSA) is 19.4 Å². The number of allylic oxidation sites excluding steroid dienone is 2. The van der Waals surface area contributed by atoms with E-state index in [1.54, 1.807) is 45.6 Å². The fourth-order valence-electron chi connectivity index (χ4n) is 9.04. The first-order chi connectivity index (χ1) is 16.8. The van der Waals surface area contributed by atoms with Crippen LogP contribution in [-0.2, 0) is 0 Å². The van der Waals surface area contributed by atoms with Crippen molar-refractivity contribution in [3.05, 3.63) is 45.6 Å². The molecule has 34 heavy (non-hydrogen) atoms. The van der Waals surface area contributed by atoms with Crippen LogP contribution in [0.1, 0.15) is 65.7 Å². The molecule has 2 saturated heterocycles. The summed E-state index contributed by atoms with van der Waals surface area (Å²) in [5.74, 6) is 6.44. The predicted octanol–water partition coefficient (Wildman–Crippen LogP) is 3.65. The van der Waals surface area contributed by atoms with E-state index in [9.17, 15) is 0 Å². The number of hydrogen-bond acceptors (Lipinski definition) is 6. The highest BCUT2D eigenvalue weighted by atomic mass is 15.5. The Morgan fingerprint density at radius 1 is 0.647 bits per heavy atom. The standard InChI is InChI=1S/C28H40N6/c1-4-29-15-11-20-22-24-23-21(12-16-30(5-2)28(23)31(6-3)27(22)29)33-14-8-10-19-17-18-9-7-13-32(20)25(18)34(24)26(19)33/h20-21,24H,4-17H2,1-3H3. The summed E-state index contributed by atoms with van der Waals surface area (Å²) in [7, 11) is 0. The maximum absolute atomic E-state index is 2.91. The molecule has 0 aromatic heterocycles. The van der Waals surface area contributed by atoms with Crippen molar-refractivity contribution >= 4 is 0 Å². The molecule has 8 aliphatic rings. The molecule has 2 unspecified atom stereocenters. The Bertz CT molecular complexity index is 1000. The second kappa shape index (κ2) is 6.92. The van der Waals surface area contributed by atoms with Gasteiger partial charge in [-0.25, -0.2) is 0 Å². The minimum absolute atomic E-state index is 0.450. The van der Waals surface area contributed by atoms with Gasteiger partial charge >= 0.3 is 0 Å². The molecule has 182 valence electrons. The molecule has 0 amide bonds. The lowest BCUT2D eigenvalue weighted by molar-refractivity contribution is -0.000210. The van der Waals surface area contributed by atoms with E-state index < -0.39 is 0 Å². The molecule has 0 bridgehead atoms. The summed E-state index contributed by atoms with van der Waals surface area (Å²) in [5.41, 5.74) is 7.01. The Balaban J connectivity index is 1.46. The van der Waals surface area contributed by atoms with Crippen LogP contribution in [0.25, 0.3) is 0 Å². The van der Waals surface area contributed by atoms with Crippen molar-refractivity contribution in [3.8, 4) is 0 Å². The lowest BCUT2D eigenvalue weighted by Crippen LogP contribution is -2.71. The van der Waals surface area contributed by atoms with E-state index in [-0.39, 0.29) is 0 Å². The van der Waals surface area contributed by atoms with Gasteiger partial charge < -0.3 is 29.4 Å². The molecule has 6 nitrogen and oxygen atoms in total. The molecule has 0 radical (unpaired) electrons.